The molecule has 0 atom stereocenters. The van der Waals surface area contributed by atoms with Crippen molar-refractivity contribution in [2.45, 2.75) is 19.4 Å². The Hall–Kier alpha value is -2.99. The molecule has 24 heavy (non-hydrogen) atoms. The number of pyridine rings is 2. The number of primary amides is 1. The lowest BCUT2D eigenvalue weighted by atomic mass is 10.00. The maximum atomic E-state index is 10.9. The van der Waals surface area contributed by atoms with E-state index in [1.165, 1.54) is 6.08 Å². The SMILES string of the molecule is CC(C)(O)c1cc(-c2cnc3[nH]cc(C=CC(N)=O)c3c2)ccn1. The third kappa shape index (κ3) is 3.18. The number of nitrogens with zero attached hydrogens (tertiary/aromatic N) is 2. The lowest BCUT2D eigenvalue weighted by Crippen LogP contribution is -2.17. The van der Waals surface area contributed by atoms with Gasteiger partial charge in [-0.05, 0) is 43.7 Å². The van der Waals surface area contributed by atoms with Gasteiger partial charge < -0.3 is 15.8 Å². The first-order valence-electron chi connectivity index (χ1n) is 7.48. The Morgan fingerprint density at radius 3 is 2.79 bits per heavy atom. The van der Waals surface area contributed by atoms with Gasteiger partial charge in [-0.15, -0.1) is 0 Å². The molecule has 0 aromatic carbocycles. The van der Waals surface area contributed by atoms with Crippen LogP contribution in [0.15, 0.2) is 42.9 Å². The number of rotatable bonds is 4. The summed E-state index contributed by atoms with van der Waals surface area (Å²) in [5, 5.41) is 11.0. The van der Waals surface area contributed by atoms with Crippen LogP contribution >= 0.6 is 0 Å². The first-order chi connectivity index (χ1) is 11.3. The van der Waals surface area contributed by atoms with E-state index in [0.717, 1.165) is 27.7 Å². The molecule has 122 valence electrons. The standard InChI is InChI=1S/C18H18N4O2/c1-18(2,24)15-8-11(5-6-20-15)13-7-14-12(3-4-16(19)23)9-21-17(14)22-10-13/h3-10,24H,1-2H3,(H2,19,23)(H,21,22). The Bertz CT molecular complexity index is 936. The van der Waals surface area contributed by atoms with E-state index in [0.29, 0.717) is 5.69 Å². The molecule has 0 bridgehead atoms. The van der Waals surface area contributed by atoms with Gasteiger partial charge in [0.1, 0.15) is 11.2 Å². The number of aliphatic hydroxyl groups is 1. The van der Waals surface area contributed by atoms with Crippen LogP contribution in [0, 0.1) is 0 Å². The first kappa shape index (κ1) is 15.9. The summed E-state index contributed by atoms with van der Waals surface area (Å²) in [4.78, 5) is 22.6. The van der Waals surface area contributed by atoms with Crippen molar-refractivity contribution in [3.8, 4) is 11.1 Å². The molecule has 0 saturated heterocycles. The quantitative estimate of drug-likeness (QED) is 0.641. The Labute approximate surface area is 139 Å². The number of aromatic nitrogens is 3. The minimum Gasteiger partial charge on any atom is -0.384 e. The normalized spacial score (nSPS) is 12.1. The van der Waals surface area contributed by atoms with Gasteiger partial charge in [-0.3, -0.25) is 9.78 Å². The summed E-state index contributed by atoms with van der Waals surface area (Å²) in [6.07, 6.45) is 8.16. The van der Waals surface area contributed by atoms with E-state index in [-0.39, 0.29) is 0 Å². The summed E-state index contributed by atoms with van der Waals surface area (Å²) >= 11 is 0. The van der Waals surface area contributed by atoms with Crippen molar-refractivity contribution < 1.29 is 9.90 Å². The number of H-pyrrole nitrogens is 1. The highest BCUT2D eigenvalue weighted by molar-refractivity contribution is 5.95. The highest BCUT2D eigenvalue weighted by atomic mass is 16.3. The smallest absolute Gasteiger partial charge is 0.241 e. The molecule has 3 heterocycles. The molecular weight excluding hydrogens is 304 g/mol. The van der Waals surface area contributed by atoms with Crippen LogP contribution in [0.5, 0.6) is 0 Å². The second-order valence-corrected chi connectivity index (χ2v) is 6.09. The minimum absolute atomic E-state index is 0.502. The van der Waals surface area contributed by atoms with E-state index < -0.39 is 11.5 Å². The van der Waals surface area contributed by atoms with E-state index in [1.807, 2.05) is 18.2 Å². The van der Waals surface area contributed by atoms with Crippen molar-refractivity contribution >= 4 is 23.0 Å². The topological polar surface area (TPSA) is 105 Å². The van der Waals surface area contributed by atoms with Crippen LogP contribution < -0.4 is 5.73 Å². The van der Waals surface area contributed by atoms with Gasteiger partial charge in [0.15, 0.2) is 0 Å². The number of aromatic amines is 1. The fourth-order valence-corrected chi connectivity index (χ4v) is 2.44. The molecule has 0 spiro atoms. The number of hydrogen-bond acceptors (Lipinski definition) is 4. The zero-order valence-electron chi connectivity index (χ0n) is 13.4. The molecule has 6 heteroatoms. The molecule has 0 radical (unpaired) electrons. The van der Waals surface area contributed by atoms with Gasteiger partial charge in [-0.1, -0.05) is 0 Å². The summed E-state index contributed by atoms with van der Waals surface area (Å²) in [6, 6.07) is 5.68. The van der Waals surface area contributed by atoms with E-state index in [1.54, 1.807) is 38.5 Å². The van der Waals surface area contributed by atoms with Crippen LogP contribution in [-0.2, 0) is 10.4 Å². The Kier molecular flexibility index (Phi) is 3.91. The van der Waals surface area contributed by atoms with E-state index in [2.05, 4.69) is 15.0 Å². The average molecular weight is 322 g/mol. The summed E-state index contributed by atoms with van der Waals surface area (Å²) in [5.41, 5.74) is 8.07. The van der Waals surface area contributed by atoms with Gasteiger partial charge >= 0.3 is 0 Å². The Morgan fingerprint density at radius 1 is 1.29 bits per heavy atom. The molecule has 3 aromatic heterocycles. The van der Waals surface area contributed by atoms with Gasteiger partial charge in [-0.25, -0.2) is 4.98 Å². The number of hydrogen-bond donors (Lipinski definition) is 3. The largest absolute Gasteiger partial charge is 0.384 e. The molecular formula is C18H18N4O2. The third-order valence-corrected chi connectivity index (χ3v) is 3.71. The number of carbonyl (C=O) groups excluding carboxylic acids is 1. The maximum Gasteiger partial charge on any atom is 0.241 e. The molecule has 3 rings (SSSR count). The van der Waals surface area contributed by atoms with Crippen LogP contribution in [0.3, 0.4) is 0 Å². The molecule has 0 unspecified atom stereocenters. The van der Waals surface area contributed by atoms with Crippen LogP contribution in [0.4, 0.5) is 0 Å². The average Bonchev–Trinajstić information content (AvgIpc) is 2.94. The van der Waals surface area contributed by atoms with Crippen molar-refractivity contribution in [2.75, 3.05) is 0 Å². The predicted octanol–water partition coefficient (Wildman–Crippen LogP) is 2.35. The highest BCUT2D eigenvalue weighted by Crippen LogP contribution is 2.27. The maximum absolute atomic E-state index is 10.9. The van der Waals surface area contributed by atoms with Gasteiger partial charge in [0.05, 0.1) is 5.69 Å². The van der Waals surface area contributed by atoms with Crippen molar-refractivity contribution in [3.63, 3.8) is 0 Å². The number of fused-ring (bicyclic) bond motifs is 1. The van der Waals surface area contributed by atoms with Gasteiger partial charge in [0, 0.05) is 41.2 Å². The molecule has 6 nitrogen and oxygen atoms in total. The van der Waals surface area contributed by atoms with Gasteiger partial charge in [0.25, 0.3) is 0 Å². The lowest BCUT2D eigenvalue weighted by molar-refractivity contribution is -0.113. The molecule has 0 aliphatic carbocycles. The molecule has 4 N–H and O–H groups in total. The summed E-state index contributed by atoms with van der Waals surface area (Å²) in [6.45, 7) is 3.39. The molecule has 0 fully saturated rings. The Morgan fingerprint density at radius 2 is 2.08 bits per heavy atom. The Balaban J connectivity index is 2.08. The summed E-state index contributed by atoms with van der Waals surface area (Å²) in [7, 11) is 0. The second-order valence-electron chi connectivity index (χ2n) is 6.09. The zero-order valence-corrected chi connectivity index (χ0v) is 13.4. The van der Waals surface area contributed by atoms with Crippen LogP contribution in [0.2, 0.25) is 0 Å². The van der Waals surface area contributed by atoms with Gasteiger partial charge in [0.2, 0.25) is 5.91 Å². The number of nitrogens with two attached hydrogens (primary N) is 1. The fraction of sp³-hybridized carbons (Fsp3) is 0.167. The van der Waals surface area contributed by atoms with Crippen LogP contribution in [0.25, 0.3) is 28.2 Å². The van der Waals surface area contributed by atoms with Gasteiger partial charge in [-0.2, -0.15) is 0 Å². The first-order valence-corrected chi connectivity index (χ1v) is 7.48. The summed E-state index contributed by atoms with van der Waals surface area (Å²) < 4.78 is 0. The highest BCUT2D eigenvalue weighted by Gasteiger charge is 2.18. The lowest BCUT2D eigenvalue weighted by Gasteiger charge is -2.17. The van der Waals surface area contributed by atoms with E-state index in [4.69, 9.17) is 5.73 Å². The zero-order chi connectivity index (χ0) is 17.3. The third-order valence-electron chi connectivity index (χ3n) is 3.71. The van der Waals surface area contributed by atoms with E-state index >= 15 is 0 Å². The number of nitrogens with one attached hydrogen (secondary N) is 1. The molecule has 0 aliphatic heterocycles. The molecule has 0 aliphatic rings. The number of amides is 1. The molecule has 1 amide bonds. The predicted molar refractivity (Wildman–Crippen MR) is 92.8 cm³/mol. The van der Waals surface area contributed by atoms with Crippen molar-refractivity contribution in [1.29, 1.82) is 0 Å². The van der Waals surface area contributed by atoms with Crippen molar-refractivity contribution in [1.82, 2.24) is 15.0 Å². The van der Waals surface area contributed by atoms with Crippen molar-refractivity contribution in [2.24, 2.45) is 5.73 Å². The second kappa shape index (κ2) is 5.90. The van der Waals surface area contributed by atoms with Crippen molar-refractivity contribution in [3.05, 3.63) is 54.1 Å². The monoisotopic (exact) mass is 322 g/mol. The fourth-order valence-electron chi connectivity index (χ4n) is 2.44. The minimum atomic E-state index is -1.02. The molecule has 3 aromatic rings. The summed E-state index contributed by atoms with van der Waals surface area (Å²) in [5.74, 6) is -0.502. The number of carbonyl (C=O) groups is 1. The molecule has 0 saturated carbocycles. The van der Waals surface area contributed by atoms with Crippen LogP contribution in [0.1, 0.15) is 25.1 Å². The van der Waals surface area contributed by atoms with Crippen LogP contribution in [-0.4, -0.2) is 26.0 Å². The van der Waals surface area contributed by atoms with E-state index in [9.17, 15) is 9.90 Å².